The fourth-order valence-corrected chi connectivity index (χ4v) is 2.44. The summed E-state index contributed by atoms with van der Waals surface area (Å²) in [6.45, 7) is 5.25. The maximum atomic E-state index is 11.7. The zero-order valence-corrected chi connectivity index (χ0v) is 16.3. The molecule has 6 nitrogen and oxygen atoms in total. The van der Waals surface area contributed by atoms with E-state index in [0.717, 1.165) is 12.8 Å². The topological polar surface area (TPSA) is 71.1 Å². The molecule has 0 saturated carbocycles. The van der Waals surface area contributed by atoms with E-state index in [1.807, 2.05) is 0 Å². The summed E-state index contributed by atoms with van der Waals surface area (Å²) in [6.07, 6.45) is 1.59. The van der Waals surface area contributed by atoms with Crippen molar-refractivity contribution in [3.05, 3.63) is 59.7 Å². The summed E-state index contributed by atoms with van der Waals surface area (Å²) in [5.41, 5.74) is 0.952. The molecule has 0 aromatic heterocycles. The molecule has 0 amide bonds. The molecule has 0 saturated heterocycles. The van der Waals surface area contributed by atoms with E-state index in [0.29, 0.717) is 49.1 Å². The van der Waals surface area contributed by atoms with Gasteiger partial charge in [-0.05, 0) is 63.1 Å². The van der Waals surface area contributed by atoms with Crippen molar-refractivity contribution in [2.75, 3.05) is 26.4 Å². The molecule has 0 unspecified atom stereocenters. The first-order valence-electron chi connectivity index (χ1n) is 9.44. The van der Waals surface area contributed by atoms with Gasteiger partial charge in [-0.2, -0.15) is 0 Å². The van der Waals surface area contributed by atoms with Gasteiger partial charge < -0.3 is 18.9 Å². The fourth-order valence-electron chi connectivity index (χ4n) is 2.44. The second-order valence-corrected chi connectivity index (χ2v) is 5.90. The van der Waals surface area contributed by atoms with Gasteiger partial charge in [0.15, 0.2) is 0 Å². The summed E-state index contributed by atoms with van der Waals surface area (Å²) >= 11 is 0. The molecule has 0 atom stereocenters. The van der Waals surface area contributed by atoms with Gasteiger partial charge in [-0.15, -0.1) is 0 Å². The highest BCUT2D eigenvalue weighted by atomic mass is 16.5. The summed E-state index contributed by atoms with van der Waals surface area (Å²) in [7, 11) is 0. The van der Waals surface area contributed by atoms with Crippen LogP contribution >= 0.6 is 0 Å². The average molecular weight is 386 g/mol. The molecule has 0 aliphatic carbocycles. The number of hydrogen-bond acceptors (Lipinski definition) is 6. The van der Waals surface area contributed by atoms with E-state index in [4.69, 9.17) is 18.9 Å². The lowest BCUT2D eigenvalue weighted by atomic mass is 10.2. The summed E-state index contributed by atoms with van der Waals surface area (Å²) in [4.78, 5) is 23.5. The third-order valence-corrected chi connectivity index (χ3v) is 3.77. The Morgan fingerprint density at radius 3 is 1.54 bits per heavy atom. The van der Waals surface area contributed by atoms with E-state index in [-0.39, 0.29) is 11.9 Å². The van der Waals surface area contributed by atoms with E-state index in [2.05, 4.69) is 0 Å². The summed E-state index contributed by atoms with van der Waals surface area (Å²) in [5, 5.41) is 0. The van der Waals surface area contributed by atoms with E-state index in [1.165, 1.54) is 0 Å². The molecule has 6 heteroatoms. The Balaban J connectivity index is 1.70. The van der Waals surface area contributed by atoms with Gasteiger partial charge in [-0.3, -0.25) is 0 Å². The number of rotatable bonds is 11. The van der Waals surface area contributed by atoms with Gasteiger partial charge in [0.05, 0.1) is 37.6 Å². The van der Waals surface area contributed by atoms with Crippen LogP contribution in [-0.2, 0) is 9.47 Å². The second-order valence-electron chi connectivity index (χ2n) is 5.90. The van der Waals surface area contributed by atoms with Gasteiger partial charge in [0.1, 0.15) is 11.5 Å². The van der Waals surface area contributed by atoms with Crippen LogP contribution in [0.1, 0.15) is 47.4 Å². The van der Waals surface area contributed by atoms with Crippen molar-refractivity contribution in [1.82, 2.24) is 0 Å². The maximum absolute atomic E-state index is 11.7. The van der Waals surface area contributed by atoms with Gasteiger partial charge in [-0.25, -0.2) is 9.59 Å². The Labute approximate surface area is 165 Å². The van der Waals surface area contributed by atoms with Crippen molar-refractivity contribution in [2.45, 2.75) is 26.7 Å². The molecule has 0 spiro atoms. The molecule has 0 N–H and O–H groups in total. The highest BCUT2D eigenvalue weighted by Gasteiger charge is 2.08. The van der Waals surface area contributed by atoms with Crippen LogP contribution in [0, 0.1) is 0 Å². The summed E-state index contributed by atoms with van der Waals surface area (Å²) < 4.78 is 21.3. The summed E-state index contributed by atoms with van der Waals surface area (Å²) in [6, 6.07) is 13.9. The standard InChI is InChI=1S/C22H26O6/c1-3-25-21(23)17-9-7-11-19(15-17)27-13-5-6-14-28-20-12-8-10-18(16-20)22(24)26-4-2/h7-12,15-16H,3-6,13-14H2,1-2H3. The Morgan fingerprint density at radius 1 is 0.714 bits per heavy atom. The van der Waals surface area contributed by atoms with Gasteiger partial charge in [0.2, 0.25) is 0 Å². The van der Waals surface area contributed by atoms with Crippen molar-refractivity contribution in [2.24, 2.45) is 0 Å². The molecule has 0 bridgehead atoms. The highest BCUT2D eigenvalue weighted by Crippen LogP contribution is 2.16. The third kappa shape index (κ3) is 6.95. The van der Waals surface area contributed by atoms with Crippen molar-refractivity contribution in [3.63, 3.8) is 0 Å². The lowest BCUT2D eigenvalue weighted by molar-refractivity contribution is 0.0516. The van der Waals surface area contributed by atoms with E-state index >= 15 is 0 Å². The predicted molar refractivity (Wildman–Crippen MR) is 105 cm³/mol. The van der Waals surface area contributed by atoms with E-state index in [1.54, 1.807) is 62.4 Å². The summed E-state index contributed by atoms with van der Waals surface area (Å²) in [5.74, 6) is 0.556. The number of ether oxygens (including phenoxy) is 4. The third-order valence-electron chi connectivity index (χ3n) is 3.77. The molecule has 0 radical (unpaired) electrons. The molecular formula is C22H26O6. The van der Waals surface area contributed by atoms with Crippen molar-refractivity contribution < 1.29 is 28.5 Å². The normalized spacial score (nSPS) is 10.2. The first-order valence-corrected chi connectivity index (χ1v) is 9.44. The molecule has 0 fully saturated rings. The molecule has 2 rings (SSSR count). The minimum atomic E-state index is -0.355. The van der Waals surface area contributed by atoms with E-state index < -0.39 is 0 Å². The number of hydrogen-bond donors (Lipinski definition) is 0. The Hall–Kier alpha value is -3.02. The molecule has 150 valence electrons. The van der Waals surface area contributed by atoms with Gasteiger partial charge in [0.25, 0.3) is 0 Å². The number of esters is 2. The number of carbonyl (C=O) groups excluding carboxylic acids is 2. The number of unbranched alkanes of at least 4 members (excludes halogenated alkanes) is 1. The van der Waals surface area contributed by atoms with Gasteiger partial charge in [0, 0.05) is 0 Å². The Morgan fingerprint density at radius 2 is 1.14 bits per heavy atom. The van der Waals surface area contributed by atoms with Crippen LogP contribution in [-0.4, -0.2) is 38.4 Å². The Kier molecular flexibility index (Phi) is 8.85. The molecule has 0 aliphatic heterocycles. The number of benzene rings is 2. The highest BCUT2D eigenvalue weighted by molar-refractivity contribution is 5.90. The van der Waals surface area contributed by atoms with Gasteiger partial charge in [-0.1, -0.05) is 12.1 Å². The quantitative estimate of drug-likeness (QED) is 0.424. The first-order chi connectivity index (χ1) is 13.6. The van der Waals surface area contributed by atoms with Crippen LogP contribution in [0.3, 0.4) is 0 Å². The van der Waals surface area contributed by atoms with Crippen LogP contribution < -0.4 is 9.47 Å². The molecular weight excluding hydrogens is 360 g/mol. The Bertz CT molecular complexity index is 706. The van der Waals surface area contributed by atoms with Crippen molar-refractivity contribution in [1.29, 1.82) is 0 Å². The smallest absolute Gasteiger partial charge is 0.338 e. The average Bonchev–Trinajstić information content (AvgIpc) is 2.71. The number of carbonyl (C=O) groups is 2. The minimum Gasteiger partial charge on any atom is -0.494 e. The zero-order valence-electron chi connectivity index (χ0n) is 16.3. The van der Waals surface area contributed by atoms with Crippen molar-refractivity contribution >= 4 is 11.9 Å². The largest absolute Gasteiger partial charge is 0.494 e. The van der Waals surface area contributed by atoms with Crippen LogP contribution in [0.15, 0.2) is 48.5 Å². The van der Waals surface area contributed by atoms with Crippen molar-refractivity contribution in [3.8, 4) is 11.5 Å². The molecule has 2 aromatic carbocycles. The predicted octanol–water partition coefficient (Wildman–Crippen LogP) is 4.28. The van der Waals surface area contributed by atoms with Crippen LogP contribution in [0.25, 0.3) is 0 Å². The molecule has 0 aliphatic rings. The van der Waals surface area contributed by atoms with Crippen LogP contribution in [0.5, 0.6) is 11.5 Å². The molecule has 28 heavy (non-hydrogen) atoms. The maximum Gasteiger partial charge on any atom is 0.338 e. The molecule has 2 aromatic rings. The SMILES string of the molecule is CCOC(=O)c1cccc(OCCCCOc2cccc(C(=O)OCC)c2)c1. The van der Waals surface area contributed by atoms with Crippen LogP contribution in [0.4, 0.5) is 0 Å². The molecule has 0 heterocycles. The zero-order chi connectivity index (χ0) is 20.2. The van der Waals surface area contributed by atoms with Crippen LogP contribution in [0.2, 0.25) is 0 Å². The first kappa shape index (κ1) is 21.3. The lowest BCUT2D eigenvalue weighted by Crippen LogP contribution is -2.06. The monoisotopic (exact) mass is 386 g/mol. The lowest BCUT2D eigenvalue weighted by Gasteiger charge is -2.09. The van der Waals surface area contributed by atoms with E-state index in [9.17, 15) is 9.59 Å². The minimum absolute atomic E-state index is 0.340. The van der Waals surface area contributed by atoms with Gasteiger partial charge >= 0.3 is 11.9 Å². The fraction of sp³-hybridized carbons (Fsp3) is 0.364. The second kappa shape index (κ2) is 11.6.